The Bertz CT molecular complexity index is 693. The fourth-order valence-corrected chi connectivity index (χ4v) is 3.96. The van der Waals surface area contributed by atoms with Crippen molar-refractivity contribution in [1.82, 2.24) is 15.1 Å². The van der Waals surface area contributed by atoms with Gasteiger partial charge in [0.05, 0.1) is 17.7 Å². The van der Waals surface area contributed by atoms with Crippen molar-refractivity contribution in [2.75, 3.05) is 6.61 Å². The molecule has 1 fully saturated rings. The summed E-state index contributed by atoms with van der Waals surface area (Å²) in [6.07, 6.45) is 0.725. The van der Waals surface area contributed by atoms with Crippen molar-refractivity contribution in [1.29, 1.82) is 0 Å². The van der Waals surface area contributed by atoms with Gasteiger partial charge in [-0.25, -0.2) is 0 Å². The summed E-state index contributed by atoms with van der Waals surface area (Å²) in [6.45, 7) is 6.65. The van der Waals surface area contributed by atoms with E-state index in [1.807, 2.05) is 49.3 Å². The van der Waals surface area contributed by atoms with E-state index in [4.69, 9.17) is 4.74 Å². The second-order valence-corrected chi connectivity index (χ2v) is 6.96. The maximum Gasteiger partial charge on any atom is 0.227 e. The van der Waals surface area contributed by atoms with Crippen molar-refractivity contribution in [2.45, 2.75) is 45.3 Å². The predicted molar refractivity (Wildman–Crippen MR) is 90.7 cm³/mol. The van der Waals surface area contributed by atoms with Gasteiger partial charge in [0.1, 0.15) is 6.10 Å². The third-order valence-corrected chi connectivity index (χ3v) is 5.41. The van der Waals surface area contributed by atoms with Crippen LogP contribution in [0.3, 0.4) is 0 Å². The monoisotopic (exact) mass is 333 g/mol. The Morgan fingerprint density at radius 2 is 2.30 bits per heavy atom. The molecule has 23 heavy (non-hydrogen) atoms. The second-order valence-electron chi connectivity index (χ2n) is 6.18. The van der Waals surface area contributed by atoms with E-state index in [-0.39, 0.29) is 24.0 Å². The SMILES string of the molecule is Cc1nn(C)c(C)c1[C@H]1OCC[C@@H]1NC(=O)[C@@H](C)c1ccsc1. The van der Waals surface area contributed by atoms with E-state index in [9.17, 15) is 4.79 Å². The van der Waals surface area contributed by atoms with Crippen LogP contribution in [0.25, 0.3) is 0 Å². The van der Waals surface area contributed by atoms with Crippen molar-refractivity contribution in [2.24, 2.45) is 7.05 Å². The Hall–Kier alpha value is -1.66. The lowest BCUT2D eigenvalue weighted by Gasteiger charge is -2.22. The molecule has 2 aromatic heterocycles. The van der Waals surface area contributed by atoms with Gasteiger partial charge in [-0.2, -0.15) is 16.4 Å². The number of carbonyl (C=O) groups excluding carboxylic acids is 1. The van der Waals surface area contributed by atoms with Gasteiger partial charge in [0.25, 0.3) is 0 Å². The van der Waals surface area contributed by atoms with Gasteiger partial charge < -0.3 is 10.1 Å². The van der Waals surface area contributed by atoms with E-state index in [0.29, 0.717) is 6.61 Å². The smallest absolute Gasteiger partial charge is 0.227 e. The molecule has 2 aromatic rings. The van der Waals surface area contributed by atoms with Crippen molar-refractivity contribution in [3.8, 4) is 0 Å². The van der Waals surface area contributed by atoms with E-state index in [1.54, 1.807) is 11.3 Å². The van der Waals surface area contributed by atoms with Crippen molar-refractivity contribution < 1.29 is 9.53 Å². The van der Waals surface area contributed by atoms with Gasteiger partial charge in [0.2, 0.25) is 5.91 Å². The Morgan fingerprint density at radius 3 is 2.91 bits per heavy atom. The van der Waals surface area contributed by atoms with Gasteiger partial charge in [0, 0.05) is 24.9 Å². The summed E-state index contributed by atoms with van der Waals surface area (Å²) in [5.74, 6) is -0.0818. The zero-order chi connectivity index (χ0) is 16.6. The highest BCUT2D eigenvalue weighted by Gasteiger charge is 2.35. The van der Waals surface area contributed by atoms with Crippen LogP contribution in [0.2, 0.25) is 0 Å². The van der Waals surface area contributed by atoms with Gasteiger partial charge in [-0.15, -0.1) is 0 Å². The Kier molecular flexibility index (Phi) is 4.55. The first-order valence-electron chi connectivity index (χ1n) is 7.93. The van der Waals surface area contributed by atoms with Gasteiger partial charge >= 0.3 is 0 Å². The average molecular weight is 333 g/mol. The quantitative estimate of drug-likeness (QED) is 0.936. The Labute approximate surface area is 140 Å². The first-order valence-corrected chi connectivity index (χ1v) is 8.87. The molecule has 0 spiro atoms. The molecule has 1 aliphatic heterocycles. The fourth-order valence-electron chi connectivity index (χ4n) is 3.20. The van der Waals surface area contributed by atoms with E-state index in [0.717, 1.165) is 28.9 Å². The zero-order valence-electron chi connectivity index (χ0n) is 14.0. The lowest BCUT2D eigenvalue weighted by molar-refractivity contribution is -0.123. The highest BCUT2D eigenvalue weighted by molar-refractivity contribution is 7.08. The largest absolute Gasteiger partial charge is 0.371 e. The van der Waals surface area contributed by atoms with Crippen molar-refractivity contribution in [3.63, 3.8) is 0 Å². The molecule has 0 saturated carbocycles. The molecule has 1 amide bonds. The molecule has 0 aromatic carbocycles. The number of amides is 1. The average Bonchev–Trinajstić information content (AvgIpc) is 3.22. The molecular formula is C17H23N3O2S. The lowest BCUT2D eigenvalue weighted by atomic mass is 9.98. The molecule has 0 unspecified atom stereocenters. The minimum absolute atomic E-state index is 0.00480. The number of carbonyl (C=O) groups is 1. The predicted octanol–water partition coefficient (Wildman–Crippen LogP) is 2.85. The molecule has 1 saturated heterocycles. The molecule has 0 bridgehead atoms. The van der Waals surface area contributed by atoms with Crippen LogP contribution in [-0.2, 0) is 16.6 Å². The third kappa shape index (κ3) is 3.05. The highest BCUT2D eigenvalue weighted by Crippen LogP contribution is 2.33. The number of ether oxygens (including phenoxy) is 1. The summed E-state index contributed by atoms with van der Waals surface area (Å²) in [4.78, 5) is 12.6. The van der Waals surface area contributed by atoms with E-state index in [2.05, 4.69) is 10.4 Å². The molecule has 6 heteroatoms. The number of nitrogens with one attached hydrogen (secondary N) is 1. The van der Waals surface area contributed by atoms with Crippen LogP contribution in [0, 0.1) is 13.8 Å². The normalized spacial score (nSPS) is 22.3. The molecule has 0 radical (unpaired) electrons. The Balaban J connectivity index is 1.76. The fraction of sp³-hybridized carbons (Fsp3) is 0.529. The highest BCUT2D eigenvalue weighted by atomic mass is 32.1. The van der Waals surface area contributed by atoms with Crippen LogP contribution >= 0.6 is 11.3 Å². The third-order valence-electron chi connectivity index (χ3n) is 4.71. The maximum atomic E-state index is 12.6. The molecular weight excluding hydrogens is 310 g/mol. The zero-order valence-corrected chi connectivity index (χ0v) is 14.8. The molecule has 1 aliphatic rings. The van der Waals surface area contributed by atoms with Gasteiger partial charge in [-0.3, -0.25) is 9.48 Å². The summed E-state index contributed by atoms with van der Waals surface area (Å²) < 4.78 is 7.81. The molecule has 124 valence electrons. The number of hydrogen-bond donors (Lipinski definition) is 1. The molecule has 1 N–H and O–H groups in total. The van der Waals surface area contributed by atoms with Crippen LogP contribution in [0.5, 0.6) is 0 Å². The standard InChI is InChI=1S/C17H23N3O2S/c1-10(13-6-8-23-9-13)17(21)18-14-5-7-22-16(14)15-11(2)19-20(4)12(15)3/h6,8-10,14,16H,5,7H2,1-4H3,(H,18,21)/t10-,14-,16-/m0/s1. The number of aromatic nitrogens is 2. The molecule has 3 heterocycles. The first-order chi connectivity index (χ1) is 11.0. The summed E-state index contributed by atoms with van der Waals surface area (Å²) in [7, 11) is 1.94. The number of aryl methyl sites for hydroxylation is 2. The van der Waals surface area contributed by atoms with Gasteiger partial charge in [0.15, 0.2) is 0 Å². The van der Waals surface area contributed by atoms with Crippen LogP contribution in [0.15, 0.2) is 16.8 Å². The summed E-state index contributed by atoms with van der Waals surface area (Å²) in [5, 5.41) is 11.7. The lowest BCUT2D eigenvalue weighted by Crippen LogP contribution is -2.39. The number of hydrogen-bond acceptors (Lipinski definition) is 4. The summed E-state index contributed by atoms with van der Waals surface area (Å²) in [5.41, 5.74) is 4.25. The van der Waals surface area contributed by atoms with Crippen LogP contribution in [0.1, 0.15) is 47.9 Å². The van der Waals surface area contributed by atoms with Crippen molar-refractivity contribution >= 4 is 17.2 Å². The van der Waals surface area contributed by atoms with E-state index in [1.165, 1.54) is 0 Å². The number of rotatable bonds is 4. The van der Waals surface area contributed by atoms with Crippen LogP contribution in [0.4, 0.5) is 0 Å². The number of thiophene rings is 1. The Morgan fingerprint density at radius 1 is 1.52 bits per heavy atom. The second kappa shape index (κ2) is 6.45. The number of nitrogens with zero attached hydrogens (tertiary/aromatic N) is 2. The molecule has 3 atom stereocenters. The van der Waals surface area contributed by atoms with Crippen LogP contribution in [-0.4, -0.2) is 28.3 Å². The van der Waals surface area contributed by atoms with Crippen LogP contribution < -0.4 is 5.32 Å². The van der Waals surface area contributed by atoms with Crippen molar-refractivity contribution in [3.05, 3.63) is 39.3 Å². The summed E-state index contributed by atoms with van der Waals surface area (Å²) in [6, 6.07) is 2.01. The maximum absolute atomic E-state index is 12.6. The van der Waals surface area contributed by atoms with E-state index < -0.39 is 0 Å². The molecule has 0 aliphatic carbocycles. The summed E-state index contributed by atoms with van der Waals surface area (Å²) >= 11 is 1.62. The minimum atomic E-state index is -0.140. The molecule has 3 rings (SSSR count). The van der Waals surface area contributed by atoms with Gasteiger partial charge in [-0.05, 0) is 49.6 Å². The minimum Gasteiger partial charge on any atom is -0.371 e. The van der Waals surface area contributed by atoms with Gasteiger partial charge in [-0.1, -0.05) is 0 Å². The first kappa shape index (κ1) is 16.2. The molecule has 5 nitrogen and oxygen atoms in total. The topological polar surface area (TPSA) is 56.1 Å². The van der Waals surface area contributed by atoms with E-state index >= 15 is 0 Å².